The van der Waals surface area contributed by atoms with Gasteiger partial charge in [0.25, 0.3) is 0 Å². The van der Waals surface area contributed by atoms with Gasteiger partial charge < -0.3 is 60.0 Å². The number of rotatable bonds is 44. The van der Waals surface area contributed by atoms with E-state index >= 15 is 0 Å². The molecule has 0 amide bonds. The van der Waals surface area contributed by atoms with Crippen molar-refractivity contribution in [2.45, 2.75) is 290 Å². The molecule has 0 unspecified atom stereocenters. The number of aliphatic hydroxyl groups is 4. The number of unbranched alkanes of at least 4 members (excludes halogenated alkanes) is 12. The monoisotopic (exact) mass is 1660 g/mol. The number of carbonyl (C=O) groups is 4. The molecule has 0 aliphatic carbocycles. The molecule has 0 aliphatic rings. The predicted octanol–water partition coefficient (Wildman–Crippen LogP) is 12.1. The van der Waals surface area contributed by atoms with Crippen molar-refractivity contribution in [3.05, 3.63) is 0 Å². The fourth-order valence-electron chi connectivity index (χ4n) is 6.92. The number of carbonyl (C=O) groups excluding carboxylic acids is 4. The fraction of sp³-hybridized carbons (Fsp3) is 0.934. The number of carboxylic acids is 4. The van der Waals surface area contributed by atoms with E-state index in [1.54, 1.807) is 53.2 Å². The Balaban J connectivity index is -0.000000106. The van der Waals surface area contributed by atoms with E-state index in [2.05, 4.69) is 134 Å². The molecule has 0 aromatic heterocycles. The zero-order chi connectivity index (χ0) is 64.2. The van der Waals surface area contributed by atoms with Crippen LogP contribution in [0.15, 0.2) is 0 Å². The van der Waals surface area contributed by atoms with Crippen LogP contribution in [-0.4, -0.2) is 173 Å². The second-order valence-corrected chi connectivity index (χ2v) is 56.0. The molecule has 81 heavy (non-hydrogen) atoms. The Morgan fingerprint density at radius 2 is 0.358 bits per heavy atom. The molecule has 12 nitrogen and oxygen atoms in total. The first kappa shape index (κ1) is 102. The molecule has 488 valence electrons. The van der Waals surface area contributed by atoms with Gasteiger partial charge >= 0.3 is 369 Å². The summed E-state index contributed by atoms with van der Waals surface area (Å²) in [4.78, 5) is 36.7. The average molecular weight is 1660 g/mol. The molecule has 0 aromatic rings. The van der Waals surface area contributed by atoms with Crippen LogP contribution in [0.5, 0.6) is 0 Å². The molecular formula is C61H132O12S4Sn4. The summed E-state index contributed by atoms with van der Waals surface area (Å²) in [6, 6.07) is 0. The number of hydrogen-bond donors (Lipinski definition) is 8. The van der Waals surface area contributed by atoms with E-state index in [1.165, 1.54) is 154 Å². The number of aliphatic hydroxyl groups excluding tert-OH is 4. The minimum Gasteiger partial charge on any atom is -0.549 e. The van der Waals surface area contributed by atoms with Gasteiger partial charge in [-0.05, 0) is 0 Å². The van der Waals surface area contributed by atoms with E-state index in [4.69, 9.17) is 20.4 Å². The molecule has 0 saturated heterocycles. The van der Waals surface area contributed by atoms with E-state index in [9.17, 15) is 39.6 Å². The van der Waals surface area contributed by atoms with Gasteiger partial charge in [0.1, 0.15) is 0 Å². The van der Waals surface area contributed by atoms with Gasteiger partial charge in [-0.3, -0.25) is 0 Å². The summed E-state index contributed by atoms with van der Waals surface area (Å²) in [6.07, 6.45) is 35.4. The van der Waals surface area contributed by atoms with Crippen molar-refractivity contribution >= 4 is 153 Å². The summed E-state index contributed by atoms with van der Waals surface area (Å²) in [5, 5.41) is 70.7. The van der Waals surface area contributed by atoms with Crippen LogP contribution >= 0.6 is 50.5 Å². The summed E-state index contributed by atoms with van der Waals surface area (Å²) in [5.74, 6) is -5.30. The van der Waals surface area contributed by atoms with Gasteiger partial charge in [0.15, 0.2) is 0 Å². The van der Waals surface area contributed by atoms with Crippen LogP contribution in [0.1, 0.15) is 237 Å². The van der Waals surface area contributed by atoms with Crippen molar-refractivity contribution in [3.8, 4) is 0 Å². The third kappa shape index (κ3) is 107. The quantitative estimate of drug-likeness (QED) is 0.0210. The van der Waals surface area contributed by atoms with E-state index in [1.807, 2.05) is 0 Å². The first-order valence-electron chi connectivity index (χ1n) is 31.7. The Kier molecular flexibility index (Phi) is 118. The van der Waals surface area contributed by atoms with Crippen LogP contribution in [0.2, 0.25) is 53.2 Å². The smallest absolute Gasteiger partial charge is 0.0627 e. The molecule has 0 bridgehead atoms. The van der Waals surface area contributed by atoms with Gasteiger partial charge in [-0.15, -0.1) is 0 Å². The third-order valence-electron chi connectivity index (χ3n) is 12.5. The second-order valence-electron chi connectivity index (χ2n) is 20.5. The molecule has 0 radical (unpaired) electrons. The Morgan fingerprint density at radius 3 is 0.395 bits per heavy atom. The first-order chi connectivity index (χ1) is 38.7. The van der Waals surface area contributed by atoms with E-state index in [-0.39, 0.29) is 23.0 Å². The summed E-state index contributed by atoms with van der Waals surface area (Å²) < 4.78 is 20.2. The van der Waals surface area contributed by atoms with Crippen LogP contribution in [0, 0.1) is 5.41 Å². The normalized spacial score (nSPS) is 9.83. The molecular weight excluding hydrogens is 1530 g/mol. The molecule has 0 saturated carbocycles. The Labute approximate surface area is 552 Å². The molecule has 0 spiro atoms. The van der Waals surface area contributed by atoms with E-state index in [0.29, 0.717) is 0 Å². The van der Waals surface area contributed by atoms with Crippen LogP contribution in [0.25, 0.3) is 0 Å². The molecule has 20 heteroatoms. The minimum atomic E-state index is -1.13. The van der Waals surface area contributed by atoms with E-state index < -0.39 is 135 Å². The number of hydrogen-bond acceptors (Lipinski definition) is 16. The SMILES string of the molecule is CCC[CH2][Sn+]([CH2]CCC)[CH2]CCC.CCC[CH2][Sn+]([CH2]CCC)[CH2]CCC.CCC[CH2][Sn+]([CH2]CCC)[CH2]CCC.CCC[CH2][Sn+]([CH2]CCC)[CH2]CCC.O=C([O-])CS.O=C([O-])CS.O=C([O-])CS.O=C([O-])CS.OCC(CO)(CO)CO. The molecule has 0 fully saturated rings. The zero-order valence-electron chi connectivity index (χ0n) is 54.5. The average Bonchev–Trinajstić information content (AvgIpc) is 3.48. The van der Waals surface area contributed by atoms with Crippen molar-refractivity contribution in [2.75, 3.05) is 49.4 Å². The van der Waals surface area contributed by atoms with E-state index in [0.717, 1.165) is 0 Å². The van der Waals surface area contributed by atoms with Gasteiger partial charge in [-0.1, -0.05) is 0 Å². The number of aliphatic carboxylic acids is 4. The van der Waals surface area contributed by atoms with Crippen molar-refractivity contribution < 1.29 is 60.0 Å². The van der Waals surface area contributed by atoms with Crippen LogP contribution in [0.3, 0.4) is 0 Å². The van der Waals surface area contributed by atoms with Gasteiger partial charge in [0.2, 0.25) is 0 Å². The summed E-state index contributed by atoms with van der Waals surface area (Å²) in [5.41, 5.74) is -1.11. The molecule has 4 N–H and O–H groups in total. The van der Waals surface area contributed by atoms with Gasteiger partial charge in [-0.2, -0.15) is 50.5 Å². The topological polar surface area (TPSA) is 241 Å². The standard InChI is InChI=1S/C5H12O4.12C4H9.4C2H4O2S.4Sn/c6-1-5(2-7,3-8)4-9;12*1-3-4-2;4*3-2(4)1-5;;;;/h6-9H,1-4H2;12*1,3-4H2,2H3;4*5H,1H2,(H,3,4);;;;/q;;;;;;;;;;;;;;;;;4*+1/p-4. The fourth-order valence-corrected chi connectivity index (χ4v) is 44.7. The molecule has 0 aromatic carbocycles. The van der Waals surface area contributed by atoms with Crippen molar-refractivity contribution in [2.24, 2.45) is 5.41 Å². The summed E-state index contributed by atoms with van der Waals surface area (Å²) >= 11 is 10.1. The van der Waals surface area contributed by atoms with Crippen molar-refractivity contribution in [1.82, 2.24) is 0 Å². The maximum absolute atomic E-state index is 9.18. The molecule has 0 heterocycles. The Morgan fingerprint density at radius 1 is 0.272 bits per heavy atom. The van der Waals surface area contributed by atoms with Crippen molar-refractivity contribution in [3.63, 3.8) is 0 Å². The van der Waals surface area contributed by atoms with Crippen LogP contribution < -0.4 is 20.4 Å². The van der Waals surface area contributed by atoms with Gasteiger partial charge in [0.05, 0.1) is 55.7 Å². The molecule has 0 atom stereocenters. The largest absolute Gasteiger partial charge is 0.549 e. The number of carboxylic acid groups (broad SMARTS) is 4. The van der Waals surface area contributed by atoms with Crippen LogP contribution in [-0.2, 0) is 19.2 Å². The predicted molar refractivity (Wildman–Crippen MR) is 366 cm³/mol. The maximum Gasteiger partial charge on any atom is 0.0627 e. The van der Waals surface area contributed by atoms with Crippen LogP contribution in [0.4, 0.5) is 0 Å². The van der Waals surface area contributed by atoms with Gasteiger partial charge in [0, 0.05) is 23.0 Å². The molecule has 0 rings (SSSR count). The second kappa shape index (κ2) is 93.5. The molecule has 0 aliphatic heterocycles. The third-order valence-corrected chi connectivity index (χ3v) is 49.8. The Hall–Kier alpha value is 2.31. The summed E-state index contributed by atoms with van der Waals surface area (Å²) in [6.45, 7) is 26.4. The van der Waals surface area contributed by atoms with Gasteiger partial charge in [-0.25, -0.2) is 0 Å². The van der Waals surface area contributed by atoms with Crippen molar-refractivity contribution in [1.29, 1.82) is 0 Å². The zero-order valence-corrected chi connectivity index (χ0v) is 69.5. The minimum absolute atomic E-state index is 0.194. The summed E-state index contributed by atoms with van der Waals surface area (Å²) in [7, 11) is 0. The Bertz CT molecular complexity index is 930. The number of thiol groups is 4. The first-order valence-corrected chi connectivity index (χ1v) is 58.5. The maximum atomic E-state index is 9.18.